The number of hydrogen-bond donors (Lipinski definition) is 1. The fraction of sp³-hybridized carbons (Fsp3) is 0.571. The third-order valence-corrected chi connectivity index (χ3v) is 2.18. The van der Waals surface area contributed by atoms with Gasteiger partial charge in [0.1, 0.15) is 6.10 Å². The molecule has 0 fully saturated rings. The highest BCUT2D eigenvalue weighted by molar-refractivity contribution is 4.78. The van der Waals surface area contributed by atoms with Crippen LogP contribution in [-0.2, 0) is 14.2 Å². The van der Waals surface area contributed by atoms with Gasteiger partial charge < -0.3 is 19.3 Å². The highest BCUT2D eigenvalue weighted by Gasteiger charge is 2.41. The summed E-state index contributed by atoms with van der Waals surface area (Å²) in [6, 6.07) is 0. The molecule has 1 N–H and O–H groups in total. The van der Waals surface area contributed by atoms with Gasteiger partial charge in [0.25, 0.3) is 0 Å². The van der Waals surface area contributed by atoms with Gasteiger partial charge in [-0.05, 0) is 6.42 Å². The molecule has 1 atom stereocenters. The highest BCUT2D eigenvalue weighted by Crippen LogP contribution is 2.24. The molecule has 1 unspecified atom stereocenters. The molecule has 0 bridgehead atoms. The average Bonchev–Trinajstić information content (AvgIpc) is 2.38. The summed E-state index contributed by atoms with van der Waals surface area (Å²) >= 11 is 0. The molecular weight excluding hydrogens is 232 g/mol. The number of hydrogen-bond acceptors (Lipinski definition) is 4. The van der Waals surface area contributed by atoms with Gasteiger partial charge in [-0.25, -0.2) is 0 Å². The van der Waals surface area contributed by atoms with Crippen LogP contribution in [0.3, 0.4) is 0 Å². The molecule has 4 nitrogen and oxygen atoms in total. The van der Waals surface area contributed by atoms with Gasteiger partial charge in [-0.15, -0.1) is 19.7 Å². The van der Waals surface area contributed by atoms with Crippen molar-refractivity contribution in [3.8, 4) is 0 Å². The van der Waals surface area contributed by atoms with Crippen LogP contribution in [0.5, 0.6) is 0 Å². The van der Waals surface area contributed by atoms with Crippen LogP contribution in [0.1, 0.15) is 19.8 Å². The summed E-state index contributed by atoms with van der Waals surface area (Å²) in [5.74, 6) is -1.49. The largest absolute Gasteiger partial charge is 0.385 e. The molecule has 0 aliphatic rings. The topological polar surface area (TPSA) is 47.9 Å². The molecule has 0 aliphatic carbocycles. The Morgan fingerprint density at radius 2 is 1.39 bits per heavy atom. The van der Waals surface area contributed by atoms with E-state index in [4.69, 9.17) is 14.2 Å². The minimum absolute atomic E-state index is 0.217. The van der Waals surface area contributed by atoms with E-state index in [0.717, 1.165) is 6.42 Å². The Morgan fingerprint density at radius 3 is 1.67 bits per heavy atom. The second-order valence-corrected chi connectivity index (χ2v) is 3.71. The van der Waals surface area contributed by atoms with Crippen molar-refractivity contribution in [2.45, 2.75) is 31.8 Å². The van der Waals surface area contributed by atoms with E-state index in [2.05, 4.69) is 19.7 Å². The van der Waals surface area contributed by atoms with Crippen LogP contribution in [0.25, 0.3) is 0 Å². The summed E-state index contributed by atoms with van der Waals surface area (Å²) in [6.07, 6.45) is 5.12. The third-order valence-electron chi connectivity index (χ3n) is 2.18. The van der Waals surface area contributed by atoms with Crippen LogP contribution >= 0.6 is 0 Å². The minimum atomic E-state index is -1.49. The molecule has 0 spiro atoms. The molecular formula is C14H24O4. The molecule has 0 radical (unpaired) electrons. The minimum Gasteiger partial charge on any atom is -0.385 e. The molecule has 0 aromatic heterocycles. The second kappa shape index (κ2) is 10.0. The maximum Gasteiger partial charge on any atom is 0.311 e. The van der Waals surface area contributed by atoms with Crippen molar-refractivity contribution in [3.63, 3.8) is 0 Å². The first kappa shape index (κ1) is 17.1. The summed E-state index contributed by atoms with van der Waals surface area (Å²) < 4.78 is 16.5. The molecule has 0 aromatic carbocycles. The molecule has 0 aromatic rings. The average molecular weight is 256 g/mol. The number of aliphatic hydroxyl groups is 1. The van der Waals surface area contributed by atoms with Crippen molar-refractivity contribution >= 4 is 0 Å². The lowest BCUT2D eigenvalue weighted by molar-refractivity contribution is -0.405. The van der Waals surface area contributed by atoms with Crippen LogP contribution in [-0.4, -0.2) is 37.0 Å². The van der Waals surface area contributed by atoms with E-state index in [9.17, 15) is 5.11 Å². The Bertz CT molecular complexity index is 219. The van der Waals surface area contributed by atoms with Crippen LogP contribution < -0.4 is 0 Å². The van der Waals surface area contributed by atoms with Crippen molar-refractivity contribution in [1.82, 2.24) is 0 Å². The molecule has 104 valence electrons. The summed E-state index contributed by atoms with van der Waals surface area (Å²) in [7, 11) is 0. The zero-order valence-corrected chi connectivity index (χ0v) is 11.1. The van der Waals surface area contributed by atoms with E-state index in [-0.39, 0.29) is 19.8 Å². The lowest BCUT2D eigenvalue weighted by Crippen LogP contribution is -2.50. The maximum absolute atomic E-state index is 10.2. The van der Waals surface area contributed by atoms with Crippen molar-refractivity contribution < 1.29 is 19.3 Å². The molecule has 0 rings (SSSR count). The smallest absolute Gasteiger partial charge is 0.311 e. The van der Waals surface area contributed by atoms with Crippen LogP contribution in [0.4, 0.5) is 0 Å². The Morgan fingerprint density at radius 1 is 1.00 bits per heavy atom. The van der Waals surface area contributed by atoms with Gasteiger partial charge >= 0.3 is 5.97 Å². The SMILES string of the molecule is C=CCOC(OCC=C)(OCC=C)C(O)CCC. The van der Waals surface area contributed by atoms with Gasteiger partial charge in [0.05, 0.1) is 19.8 Å². The maximum atomic E-state index is 10.2. The van der Waals surface area contributed by atoms with Gasteiger partial charge in [0, 0.05) is 0 Å². The van der Waals surface area contributed by atoms with E-state index >= 15 is 0 Å². The fourth-order valence-electron chi connectivity index (χ4n) is 1.39. The zero-order valence-electron chi connectivity index (χ0n) is 11.1. The lowest BCUT2D eigenvalue weighted by atomic mass is 10.1. The predicted molar refractivity (Wildman–Crippen MR) is 72.1 cm³/mol. The van der Waals surface area contributed by atoms with E-state index < -0.39 is 12.1 Å². The van der Waals surface area contributed by atoms with Crippen LogP contribution in [0.15, 0.2) is 38.0 Å². The Balaban J connectivity index is 4.87. The van der Waals surface area contributed by atoms with Gasteiger partial charge in [0.15, 0.2) is 0 Å². The summed E-state index contributed by atoms with van der Waals surface area (Å²) in [5.41, 5.74) is 0. The third kappa shape index (κ3) is 5.60. The van der Waals surface area contributed by atoms with Gasteiger partial charge in [-0.3, -0.25) is 0 Å². The standard InChI is InChI=1S/C14H24O4/c1-5-9-13(15)14(16-10-6-2,17-11-7-3)18-12-8-4/h6-8,13,15H,2-5,9-12H2,1H3. The van der Waals surface area contributed by atoms with Crippen molar-refractivity contribution in [1.29, 1.82) is 0 Å². The number of rotatable bonds is 12. The fourth-order valence-corrected chi connectivity index (χ4v) is 1.39. The lowest BCUT2D eigenvalue weighted by Gasteiger charge is -2.36. The summed E-state index contributed by atoms with van der Waals surface area (Å²) in [5, 5.41) is 10.2. The van der Waals surface area contributed by atoms with Gasteiger partial charge in [0.2, 0.25) is 0 Å². The van der Waals surface area contributed by atoms with Crippen LogP contribution in [0.2, 0.25) is 0 Å². The normalized spacial score (nSPS) is 13.0. The molecule has 0 heterocycles. The highest BCUT2D eigenvalue weighted by atomic mass is 16.9. The van der Waals surface area contributed by atoms with Crippen molar-refractivity contribution in [3.05, 3.63) is 38.0 Å². The monoisotopic (exact) mass is 256 g/mol. The summed E-state index contributed by atoms with van der Waals surface area (Å²) in [6.45, 7) is 13.3. The molecule has 0 saturated heterocycles. The first-order chi connectivity index (χ1) is 8.66. The van der Waals surface area contributed by atoms with Crippen molar-refractivity contribution in [2.24, 2.45) is 0 Å². The van der Waals surface area contributed by atoms with Gasteiger partial charge in [-0.1, -0.05) is 31.6 Å². The molecule has 0 aliphatic heterocycles. The summed E-state index contributed by atoms with van der Waals surface area (Å²) in [4.78, 5) is 0. The van der Waals surface area contributed by atoms with Crippen LogP contribution in [0, 0.1) is 0 Å². The molecule has 4 heteroatoms. The van der Waals surface area contributed by atoms with Crippen molar-refractivity contribution in [2.75, 3.05) is 19.8 Å². The van der Waals surface area contributed by atoms with E-state index in [0.29, 0.717) is 6.42 Å². The molecule has 0 saturated carbocycles. The zero-order chi connectivity index (χ0) is 13.9. The first-order valence-corrected chi connectivity index (χ1v) is 6.09. The molecule has 0 amide bonds. The van der Waals surface area contributed by atoms with E-state index in [1.54, 1.807) is 18.2 Å². The Labute approximate surface area is 110 Å². The number of ether oxygens (including phenoxy) is 3. The first-order valence-electron chi connectivity index (χ1n) is 6.09. The van der Waals surface area contributed by atoms with E-state index in [1.165, 1.54) is 0 Å². The Kier molecular flexibility index (Phi) is 9.50. The predicted octanol–water partition coefficient (Wildman–Crippen LogP) is 2.41. The second-order valence-electron chi connectivity index (χ2n) is 3.71. The quantitative estimate of drug-likeness (QED) is 0.430. The van der Waals surface area contributed by atoms with E-state index in [1.807, 2.05) is 6.92 Å². The van der Waals surface area contributed by atoms with Gasteiger partial charge in [-0.2, -0.15) is 0 Å². The molecule has 18 heavy (non-hydrogen) atoms. The Hall–Kier alpha value is -0.940. The number of aliphatic hydroxyl groups excluding tert-OH is 1.